The van der Waals surface area contributed by atoms with Gasteiger partial charge in [-0.3, -0.25) is 4.79 Å². The summed E-state index contributed by atoms with van der Waals surface area (Å²) in [4.78, 5) is 24.3. The highest BCUT2D eigenvalue weighted by atomic mass is 16.5. The Morgan fingerprint density at radius 3 is 2.00 bits per heavy atom. The van der Waals surface area contributed by atoms with E-state index in [0.717, 1.165) is 27.7 Å². The van der Waals surface area contributed by atoms with E-state index in [-0.39, 0.29) is 11.9 Å². The zero-order valence-electron chi connectivity index (χ0n) is 19.4. The Morgan fingerprint density at radius 2 is 1.31 bits per heavy atom. The molecule has 0 unspecified atom stereocenters. The van der Waals surface area contributed by atoms with Gasteiger partial charge in [0.1, 0.15) is 5.69 Å². The Balaban J connectivity index is 1.38. The number of ether oxygens (including phenoxy) is 1. The van der Waals surface area contributed by atoms with Crippen molar-refractivity contribution >= 4 is 39.8 Å². The molecule has 0 aliphatic carbocycles. The van der Waals surface area contributed by atoms with Crippen LogP contribution in [0.2, 0.25) is 0 Å². The number of nitrogens with zero attached hydrogens (tertiary/aromatic N) is 2. The Hall–Kier alpha value is -5.04. The van der Waals surface area contributed by atoms with Crippen LogP contribution < -0.4 is 10.6 Å². The second-order valence-corrected chi connectivity index (χ2v) is 8.03. The maximum absolute atomic E-state index is 12.5. The van der Waals surface area contributed by atoms with Crippen molar-refractivity contribution in [3.63, 3.8) is 0 Å². The molecule has 5 aromatic rings. The summed E-state index contributed by atoms with van der Waals surface area (Å²) in [5, 5.41) is 16.9. The monoisotopic (exact) mass is 474 g/mol. The SMILES string of the molecule is COC(=O)c1ccc(-c2nnc(Nc3ccc(C(=O)Nc4ccccc4)cc3)c3ccccc23)cc1. The number of aromatic nitrogens is 2. The molecule has 7 nitrogen and oxygen atoms in total. The Bertz CT molecular complexity index is 1530. The van der Waals surface area contributed by atoms with E-state index in [0.29, 0.717) is 22.6 Å². The molecule has 0 atom stereocenters. The number of esters is 1. The maximum Gasteiger partial charge on any atom is 0.337 e. The molecule has 0 bridgehead atoms. The van der Waals surface area contributed by atoms with Gasteiger partial charge in [-0.2, -0.15) is 0 Å². The van der Waals surface area contributed by atoms with Crippen LogP contribution in [0.4, 0.5) is 17.2 Å². The molecular weight excluding hydrogens is 452 g/mol. The number of hydrogen-bond donors (Lipinski definition) is 2. The van der Waals surface area contributed by atoms with Crippen LogP contribution >= 0.6 is 0 Å². The topological polar surface area (TPSA) is 93.2 Å². The molecule has 7 heteroatoms. The molecule has 0 radical (unpaired) electrons. The number of hydrogen-bond acceptors (Lipinski definition) is 6. The first-order valence-corrected chi connectivity index (χ1v) is 11.3. The number of amides is 1. The van der Waals surface area contributed by atoms with Crippen LogP contribution in [0.1, 0.15) is 20.7 Å². The lowest BCUT2D eigenvalue weighted by atomic mass is 10.0. The average Bonchev–Trinajstić information content (AvgIpc) is 2.94. The predicted molar refractivity (Wildman–Crippen MR) is 140 cm³/mol. The van der Waals surface area contributed by atoms with Gasteiger partial charge >= 0.3 is 5.97 Å². The second kappa shape index (κ2) is 10.1. The maximum atomic E-state index is 12.5. The van der Waals surface area contributed by atoms with Crippen molar-refractivity contribution in [2.24, 2.45) is 0 Å². The fourth-order valence-electron chi connectivity index (χ4n) is 3.86. The van der Waals surface area contributed by atoms with Crippen molar-refractivity contribution in [3.8, 4) is 11.3 Å². The van der Waals surface area contributed by atoms with Gasteiger partial charge in [0, 0.05) is 33.3 Å². The summed E-state index contributed by atoms with van der Waals surface area (Å²) in [5.74, 6) is 0.0307. The number of methoxy groups -OCH3 is 1. The first kappa shape index (κ1) is 22.7. The van der Waals surface area contributed by atoms with Crippen LogP contribution in [0.5, 0.6) is 0 Å². The lowest BCUT2D eigenvalue weighted by molar-refractivity contribution is 0.0600. The number of carbonyl (C=O) groups excluding carboxylic acids is 2. The number of nitrogens with one attached hydrogen (secondary N) is 2. The number of anilines is 3. The van der Waals surface area contributed by atoms with Crippen LogP contribution in [-0.2, 0) is 4.74 Å². The molecule has 5 rings (SSSR count). The minimum absolute atomic E-state index is 0.180. The Labute approximate surface area is 207 Å². The van der Waals surface area contributed by atoms with E-state index in [9.17, 15) is 9.59 Å². The number of benzene rings is 4. The minimum atomic E-state index is -0.388. The summed E-state index contributed by atoms with van der Waals surface area (Å²) < 4.78 is 4.77. The summed E-state index contributed by atoms with van der Waals surface area (Å²) >= 11 is 0. The summed E-state index contributed by atoms with van der Waals surface area (Å²) in [6.45, 7) is 0. The van der Waals surface area contributed by atoms with Gasteiger partial charge in [0.05, 0.1) is 12.7 Å². The van der Waals surface area contributed by atoms with Gasteiger partial charge in [-0.25, -0.2) is 4.79 Å². The largest absolute Gasteiger partial charge is 0.465 e. The number of fused-ring (bicyclic) bond motifs is 1. The molecular formula is C29H22N4O3. The molecule has 1 amide bonds. The van der Waals surface area contributed by atoms with Crippen LogP contribution in [0, 0.1) is 0 Å². The van der Waals surface area contributed by atoms with E-state index in [1.807, 2.05) is 78.9 Å². The molecule has 1 heterocycles. The van der Waals surface area contributed by atoms with Crippen molar-refractivity contribution in [2.45, 2.75) is 0 Å². The first-order chi connectivity index (χ1) is 17.6. The van der Waals surface area contributed by atoms with Crippen molar-refractivity contribution in [1.29, 1.82) is 0 Å². The summed E-state index contributed by atoms with van der Waals surface area (Å²) in [5.41, 5.74) is 4.09. The van der Waals surface area contributed by atoms with Crippen LogP contribution in [0.3, 0.4) is 0 Å². The third-order valence-electron chi connectivity index (χ3n) is 5.71. The summed E-state index contributed by atoms with van der Waals surface area (Å²) in [6, 6.07) is 31.4. The average molecular weight is 475 g/mol. The second-order valence-electron chi connectivity index (χ2n) is 8.03. The zero-order chi connectivity index (χ0) is 24.9. The third-order valence-corrected chi connectivity index (χ3v) is 5.71. The predicted octanol–water partition coefficient (Wildman–Crippen LogP) is 6.08. The van der Waals surface area contributed by atoms with E-state index in [4.69, 9.17) is 4.74 Å². The molecule has 0 fully saturated rings. The van der Waals surface area contributed by atoms with Crippen molar-refractivity contribution in [2.75, 3.05) is 17.7 Å². The molecule has 4 aromatic carbocycles. The highest BCUT2D eigenvalue weighted by Gasteiger charge is 2.13. The lowest BCUT2D eigenvalue weighted by Crippen LogP contribution is -2.11. The lowest BCUT2D eigenvalue weighted by Gasteiger charge is -2.12. The standard InChI is InChI=1S/C29H22N4O3/c1-36-29(35)21-13-11-19(12-14-21)26-24-9-5-6-10-25(24)27(33-32-26)30-23-17-15-20(16-18-23)28(34)31-22-7-3-2-4-8-22/h2-18H,1H3,(H,30,33)(H,31,34). The Kier molecular flexibility index (Phi) is 6.36. The molecule has 0 saturated heterocycles. The smallest absolute Gasteiger partial charge is 0.337 e. The van der Waals surface area contributed by atoms with Crippen molar-refractivity contribution < 1.29 is 14.3 Å². The van der Waals surface area contributed by atoms with Gasteiger partial charge in [0.25, 0.3) is 5.91 Å². The van der Waals surface area contributed by atoms with Crippen LogP contribution in [0.15, 0.2) is 103 Å². The normalized spacial score (nSPS) is 10.6. The molecule has 0 aliphatic rings. The van der Waals surface area contributed by atoms with E-state index >= 15 is 0 Å². The van der Waals surface area contributed by atoms with E-state index in [1.54, 1.807) is 24.3 Å². The van der Waals surface area contributed by atoms with Crippen molar-refractivity contribution in [3.05, 3.63) is 114 Å². The fraction of sp³-hybridized carbons (Fsp3) is 0.0345. The van der Waals surface area contributed by atoms with Gasteiger partial charge in [-0.15, -0.1) is 10.2 Å². The molecule has 0 aliphatic heterocycles. The molecule has 0 spiro atoms. The third kappa shape index (κ3) is 4.76. The highest BCUT2D eigenvalue weighted by Crippen LogP contribution is 2.31. The van der Waals surface area contributed by atoms with Gasteiger partial charge < -0.3 is 15.4 Å². The van der Waals surface area contributed by atoms with Gasteiger partial charge in [0.2, 0.25) is 0 Å². The highest BCUT2D eigenvalue weighted by molar-refractivity contribution is 6.05. The van der Waals surface area contributed by atoms with Gasteiger partial charge in [0.15, 0.2) is 5.82 Å². The van der Waals surface area contributed by atoms with Crippen LogP contribution in [0.25, 0.3) is 22.0 Å². The molecule has 1 aromatic heterocycles. The van der Waals surface area contributed by atoms with Gasteiger partial charge in [-0.1, -0.05) is 54.6 Å². The summed E-state index contributed by atoms with van der Waals surface area (Å²) in [7, 11) is 1.36. The zero-order valence-corrected chi connectivity index (χ0v) is 19.4. The Morgan fingerprint density at radius 1 is 0.667 bits per heavy atom. The molecule has 36 heavy (non-hydrogen) atoms. The minimum Gasteiger partial charge on any atom is -0.465 e. The molecule has 176 valence electrons. The quantitative estimate of drug-likeness (QED) is 0.290. The number of carbonyl (C=O) groups is 2. The molecule has 0 saturated carbocycles. The number of para-hydroxylation sites is 1. The van der Waals surface area contributed by atoms with Gasteiger partial charge in [-0.05, 0) is 48.5 Å². The fourth-order valence-corrected chi connectivity index (χ4v) is 3.86. The summed E-state index contributed by atoms with van der Waals surface area (Å²) in [6.07, 6.45) is 0. The van der Waals surface area contributed by atoms with E-state index in [1.165, 1.54) is 7.11 Å². The first-order valence-electron chi connectivity index (χ1n) is 11.3. The van der Waals surface area contributed by atoms with Crippen molar-refractivity contribution in [1.82, 2.24) is 10.2 Å². The molecule has 2 N–H and O–H groups in total. The van der Waals surface area contributed by atoms with E-state index < -0.39 is 0 Å². The number of rotatable bonds is 6. The van der Waals surface area contributed by atoms with Crippen LogP contribution in [-0.4, -0.2) is 29.2 Å². The van der Waals surface area contributed by atoms with E-state index in [2.05, 4.69) is 20.8 Å².